The first kappa shape index (κ1) is 20.8. The molecule has 1 amide bonds. The van der Waals surface area contributed by atoms with Gasteiger partial charge < -0.3 is 20.7 Å². The lowest BCUT2D eigenvalue weighted by Crippen LogP contribution is -2.48. The lowest BCUT2D eigenvalue weighted by atomic mass is 10.2. The molecule has 8 nitrogen and oxygen atoms in total. The number of piperazine rings is 1. The van der Waals surface area contributed by atoms with E-state index in [1.807, 2.05) is 36.6 Å². The van der Waals surface area contributed by atoms with Crippen molar-refractivity contribution >= 4 is 34.9 Å². The van der Waals surface area contributed by atoms with Crippen LogP contribution < -0.4 is 20.7 Å². The van der Waals surface area contributed by atoms with Crippen LogP contribution in [0.3, 0.4) is 0 Å². The Morgan fingerprint density at radius 3 is 2.72 bits per heavy atom. The standard InChI is InChI=1S/C20H24N6O2S/c1-28-17-6-4-3-5-16(17)26-9-7-25(8-10-26)13-19(27)23-18-11-15(22)14(12-21)20(24-18)29-2/h3-6,11H,7-10,13H2,1-2H3,(H3,22,23,24,27). The predicted molar refractivity (Wildman–Crippen MR) is 115 cm³/mol. The topological polar surface area (TPSA) is 108 Å². The van der Waals surface area contributed by atoms with Gasteiger partial charge in [-0.15, -0.1) is 11.8 Å². The second-order valence-corrected chi connectivity index (χ2v) is 7.37. The van der Waals surface area contributed by atoms with Crippen LogP contribution >= 0.6 is 11.8 Å². The number of aromatic nitrogens is 1. The minimum atomic E-state index is -0.153. The van der Waals surface area contributed by atoms with Crippen LogP contribution in [-0.4, -0.2) is 61.9 Å². The van der Waals surface area contributed by atoms with E-state index >= 15 is 0 Å². The van der Waals surface area contributed by atoms with Crippen molar-refractivity contribution in [1.82, 2.24) is 9.88 Å². The van der Waals surface area contributed by atoms with Gasteiger partial charge in [-0.05, 0) is 18.4 Å². The fraction of sp³-hybridized carbons (Fsp3) is 0.350. The number of nitrogens with zero attached hydrogens (tertiary/aromatic N) is 4. The van der Waals surface area contributed by atoms with Crippen LogP contribution in [0.25, 0.3) is 0 Å². The minimum absolute atomic E-state index is 0.153. The molecule has 1 aliphatic heterocycles. The maximum Gasteiger partial charge on any atom is 0.239 e. The third-order valence-corrected chi connectivity index (χ3v) is 5.44. The van der Waals surface area contributed by atoms with Gasteiger partial charge in [-0.1, -0.05) is 12.1 Å². The summed E-state index contributed by atoms with van der Waals surface area (Å²) in [4.78, 5) is 21.1. The number of carbonyl (C=O) groups excluding carboxylic acids is 1. The van der Waals surface area contributed by atoms with Gasteiger partial charge in [0.15, 0.2) is 0 Å². The molecule has 0 unspecified atom stereocenters. The molecule has 3 rings (SSSR count). The monoisotopic (exact) mass is 412 g/mol. The van der Waals surface area contributed by atoms with Crippen molar-refractivity contribution in [3.05, 3.63) is 35.9 Å². The van der Waals surface area contributed by atoms with Crippen molar-refractivity contribution in [3.63, 3.8) is 0 Å². The molecule has 0 saturated carbocycles. The van der Waals surface area contributed by atoms with E-state index in [1.54, 1.807) is 7.11 Å². The zero-order valence-electron chi connectivity index (χ0n) is 16.5. The minimum Gasteiger partial charge on any atom is -0.495 e. The Morgan fingerprint density at radius 1 is 1.34 bits per heavy atom. The first-order chi connectivity index (χ1) is 14.0. The van der Waals surface area contributed by atoms with Gasteiger partial charge in [0.1, 0.15) is 28.2 Å². The second-order valence-electron chi connectivity index (χ2n) is 6.58. The molecule has 0 radical (unpaired) electrons. The van der Waals surface area contributed by atoms with E-state index in [0.29, 0.717) is 22.1 Å². The average Bonchev–Trinajstić information content (AvgIpc) is 2.73. The summed E-state index contributed by atoms with van der Waals surface area (Å²) in [6.07, 6.45) is 1.81. The first-order valence-corrected chi connectivity index (χ1v) is 10.4. The number of hydrogen-bond acceptors (Lipinski definition) is 8. The molecule has 1 saturated heterocycles. The number of methoxy groups -OCH3 is 1. The van der Waals surface area contributed by atoms with Gasteiger partial charge in [0.2, 0.25) is 5.91 Å². The van der Waals surface area contributed by atoms with E-state index in [1.165, 1.54) is 17.8 Å². The van der Waals surface area contributed by atoms with Crippen LogP contribution in [0.15, 0.2) is 35.4 Å². The van der Waals surface area contributed by atoms with Crippen LogP contribution in [0.4, 0.5) is 17.2 Å². The van der Waals surface area contributed by atoms with Crippen molar-refractivity contribution in [3.8, 4) is 11.8 Å². The maximum atomic E-state index is 12.5. The Labute approximate surface area is 174 Å². The summed E-state index contributed by atoms with van der Waals surface area (Å²) < 4.78 is 5.44. The molecule has 1 fully saturated rings. The molecule has 9 heteroatoms. The van der Waals surface area contributed by atoms with E-state index in [2.05, 4.69) is 20.1 Å². The van der Waals surface area contributed by atoms with E-state index in [4.69, 9.17) is 15.7 Å². The molecule has 0 atom stereocenters. The van der Waals surface area contributed by atoms with E-state index < -0.39 is 0 Å². The van der Waals surface area contributed by atoms with Crippen molar-refractivity contribution in [2.45, 2.75) is 5.03 Å². The fourth-order valence-electron chi connectivity index (χ4n) is 3.29. The summed E-state index contributed by atoms with van der Waals surface area (Å²) in [6.45, 7) is 3.43. The lowest BCUT2D eigenvalue weighted by molar-refractivity contribution is -0.117. The first-order valence-electron chi connectivity index (χ1n) is 9.20. The van der Waals surface area contributed by atoms with E-state index in [9.17, 15) is 4.79 Å². The van der Waals surface area contributed by atoms with Crippen LogP contribution in [0.5, 0.6) is 5.75 Å². The summed E-state index contributed by atoms with van der Waals surface area (Å²) in [5, 5.41) is 12.5. The normalized spacial score (nSPS) is 14.3. The number of anilines is 3. The third-order valence-electron chi connectivity index (χ3n) is 4.75. The van der Waals surface area contributed by atoms with E-state index in [-0.39, 0.29) is 12.5 Å². The predicted octanol–water partition coefficient (Wildman–Crippen LogP) is 2.03. The summed E-state index contributed by atoms with van der Waals surface area (Å²) in [7, 11) is 1.67. The van der Waals surface area contributed by atoms with Crippen molar-refractivity contribution in [1.29, 1.82) is 5.26 Å². The summed E-state index contributed by atoms with van der Waals surface area (Å²) in [5.74, 6) is 1.07. The summed E-state index contributed by atoms with van der Waals surface area (Å²) >= 11 is 1.32. The fourth-order valence-corrected chi connectivity index (χ4v) is 3.85. The zero-order valence-corrected chi connectivity index (χ0v) is 17.3. The quantitative estimate of drug-likeness (QED) is 0.694. The van der Waals surface area contributed by atoms with Gasteiger partial charge in [-0.3, -0.25) is 9.69 Å². The number of thioether (sulfide) groups is 1. The van der Waals surface area contributed by atoms with Crippen LogP contribution in [0.2, 0.25) is 0 Å². The number of amides is 1. The molecule has 29 heavy (non-hydrogen) atoms. The van der Waals surface area contributed by atoms with Gasteiger partial charge in [0.25, 0.3) is 0 Å². The number of rotatable bonds is 6. The molecule has 1 aliphatic rings. The van der Waals surface area contributed by atoms with Gasteiger partial charge in [0, 0.05) is 32.2 Å². The smallest absolute Gasteiger partial charge is 0.239 e. The van der Waals surface area contributed by atoms with Crippen LogP contribution in [0.1, 0.15) is 5.56 Å². The highest BCUT2D eigenvalue weighted by molar-refractivity contribution is 7.98. The maximum absolute atomic E-state index is 12.5. The van der Waals surface area contributed by atoms with Gasteiger partial charge in [-0.25, -0.2) is 4.98 Å². The number of hydrogen-bond donors (Lipinski definition) is 2. The Bertz CT molecular complexity index is 922. The second kappa shape index (κ2) is 9.49. The van der Waals surface area contributed by atoms with Crippen molar-refractivity contribution in [2.75, 3.05) is 62.0 Å². The molecular formula is C20H24N6O2S. The van der Waals surface area contributed by atoms with Gasteiger partial charge >= 0.3 is 0 Å². The zero-order chi connectivity index (χ0) is 20.8. The number of pyridine rings is 1. The highest BCUT2D eigenvalue weighted by Gasteiger charge is 2.21. The number of para-hydroxylation sites is 2. The Balaban J connectivity index is 1.57. The molecule has 2 heterocycles. The average molecular weight is 413 g/mol. The Morgan fingerprint density at radius 2 is 2.07 bits per heavy atom. The number of nitriles is 1. The SMILES string of the molecule is COc1ccccc1N1CCN(CC(=O)Nc2cc(N)c(C#N)c(SC)n2)CC1. The Kier molecular flexibility index (Phi) is 6.80. The number of carbonyl (C=O) groups is 1. The number of ether oxygens (including phenoxy) is 1. The molecule has 3 N–H and O–H groups in total. The molecule has 0 bridgehead atoms. The van der Waals surface area contributed by atoms with Crippen LogP contribution in [0, 0.1) is 11.3 Å². The molecule has 1 aromatic carbocycles. The van der Waals surface area contributed by atoms with Crippen molar-refractivity contribution < 1.29 is 9.53 Å². The molecular weight excluding hydrogens is 388 g/mol. The highest BCUT2D eigenvalue weighted by atomic mass is 32.2. The molecule has 0 spiro atoms. The molecule has 1 aromatic heterocycles. The highest BCUT2D eigenvalue weighted by Crippen LogP contribution is 2.28. The van der Waals surface area contributed by atoms with Gasteiger partial charge in [0.05, 0.1) is 25.0 Å². The summed E-state index contributed by atoms with van der Waals surface area (Å²) in [6, 6.07) is 11.5. The largest absolute Gasteiger partial charge is 0.495 e. The van der Waals surface area contributed by atoms with E-state index in [0.717, 1.165) is 37.6 Å². The van der Waals surface area contributed by atoms with Gasteiger partial charge in [-0.2, -0.15) is 5.26 Å². The number of nitrogen functional groups attached to an aromatic ring is 1. The number of nitrogens with two attached hydrogens (primary N) is 1. The molecule has 0 aliphatic carbocycles. The number of benzene rings is 1. The third kappa shape index (κ3) is 4.91. The summed E-state index contributed by atoms with van der Waals surface area (Å²) in [5.41, 5.74) is 7.63. The van der Waals surface area contributed by atoms with Crippen LogP contribution in [-0.2, 0) is 4.79 Å². The lowest BCUT2D eigenvalue weighted by Gasteiger charge is -2.36. The Hall–Kier alpha value is -2.96. The number of nitrogens with one attached hydrogen (secondary N) is 1. The molecule has 2 aromatic rings. The van der Waals surface area contributed by atoms with Crippen molar-refractivity contribution in [2.24, 2.45) is 0 Å². The molecule has 152 valence electrons.